The number of fused-ring (bicyclic) bond motifs is 1. The number of hydrogen-bond donors (Lipinski definition) is 2. The molecule has 2 nitrogen and oxygen atoms in total. The predicted molar refractivity (Wildman–Crippen MR) is 58.4 cm³/mol. The fraction of sp³-hybridized carbons (Fsp3) is 0.111. The van der Waals surface area contributed by atoms with Crippen molar-refractivity contribution in [1.82, 2.24) is 4.98 Å². The van der Waals surface area contributed by atoms with E-state index in [0.29, 0.717) is 6.54 Å². The quantitative estimate of drug-likeness (QED) is 0.757. The molecule has 0 saturated carbocycles. The molecule has 0 atom stereocenters. The van der Waals surface area contributed by atoms with Gasteiger partial charge in [-0.25, -0.2) is 0 Å². The van der Waals surface area contributed by atoms with E-state index in [4.69, 9.17) is 17.3 Å². The van der Waals surface area contributed by atoms with Crippen LogP contribution in [-0.4, -0.2) is 4.98 Å². The summed E-state index contributed by atoms with van der Waals surface area (Å²) in [4.78, 5) is 3.13. The van der Waals surface area contributed by atoms with Crippen molar-refractivity contribution in [2.24, 2.45) is 5.73 Å². The first kappa shape index (κ1) is 10.4. The molecule has 1 aromatic carbocycles. The highest BCUT2D eigenvalue weighted by Crippen LogP contribution is 2.21. The number of H-pyrrole nitrogens is 1. The zero-order valence-corrected chi connectivity index (χ0v) is 8.45. The van der Waals surface area contributed by atoms with Crippen LogP contribution in [-0.2, 0) is 6.54 Å². The van der Waals surface area contributed by atoms with E-state index in [0.717, 1.165) is 21.5 Å². The summed E-state index contributed by atoms with van der Waals surface area (Å²) in [6.07, 6.45) is 1.92. The molecule has 4 heteroatoms. The van der Waals surface area contributed by atoms with E-state index >= 15 is 0 Å². The molecule has 0 aliphatic carbocycles. The molecular weight excluding hydrogens is 207 g/mol. The molecule has 0 saturated heterocycles. The number of nitrogens with one attached hydrogen (secondary N) is 1. The van der Waals surface area contributed by atoms with Crippen LogP contribution in [0, 0.1) is 0 Å². The molecule has 0 aliphatic rings. The SMILES string of the molecule is Cl.NCc1c[nH]c2ccc(Cl)cc12. The predicted octanol–water partition coefficient (Wildman–Crippen LogP) is 2.70. The van der Waals surface area contributed by atoms with Gasteiger partial charge in [-0.2, -0.15) is 0 Å². The average Bonchev–Trinajstić information content (AvgIpc) is 2.46. The van der Waals surface area contributed by atoms with Crippen LogP contribution < -0.4 is 5.73 Å². The van der Waals surface area contributed by atoms with Gasteiger partial charge in [-0.3, -0.25) is 0 Å². The summed E-state index contributed by atoms with van der Waals surface area (Å²) in [6, 6.07) is 5.74. The lowest BCUT2D eigenvalue weighted by Crippen LogP contribution is -1.93. The van der Waals surface area contributed by atoms with Crippen LogP contribution in [0.25, 0.3) is 10.9 Å². The molecule has 3 N–H and O–H groups in total. The topological polar surface area (TPSA) is 41.8 Å². The van der Waals surface area contributed by atoms with Crippen LogP contribution in [0.2, 0.25) is 5.02 Å². The molecule has 0 fully saturated rings. The lowest BCUT2D eigenvalue weighted by atomic mass is 10.2. The highest BCUT2D eigenvalue weighted by Gasteiger charge is 2.01. The van der Waals surface area contributed by atoms with Gasteiger partial charge in [0.1, 0.15) is 0 Å². The Morgan fingerprint density at radius 3 is 2.85 bits per heavy atom. The fourth-order valence-electron chi connectivity index (χ4n) is 1.32. The van der Waals surface area contributed by atoms with E-state index in [9.17, 15) is 0 Å². The number of rotatable bonds is 1. The zero-order chi connectivity index (χ0) is 8.55. The largest absolute Gasteiger partial charge is 0.361 e. The molecule has 0 spiro atoms. The van der Waals surface area contributed by atoms with Crippen molar-refractivity contribution in [3.05, 3.63) is 35.0 Å². The first-order valence-corrected chi connectivity index (χ1v) is 4.14. The van der Waals surface area contributed by atoms with Gasteiger partial charge in [0.05, 0.1) is 0 Å². The lowest BCUT2D eigenvalue weighted by Gasteiger charge is -1.93. The third kappa shape index (κ3) is 1.80. The van der Waals surface area contributed by atoms with E-state index in [-0.39, 0.29) is 12.4 Å². The maximum atomic E-state index is 5.85. The number of halogens is 2. The second-order valence-corrected chi connectivity index (χ2v) is 3.14. The molecule has 0 amide bonds. The first-order chi connectivity index (χ1) is 5.81. The molecular formula is C9H10Cl2N2. The van der Waals surface area contributed by atoms with Gasteiger partial charge in [-0.1, -0.05) is 11.6 Å². The van der Waals surface area contributed by atoms with Gasteiger partial charge in [0, 0.05) is 28.7 Å². The summed E-state index contributed by atoms with van der Waals surface area (Å²) in [5.74, 6) is 0. The molecule has 2 aromatic rings. The van der Waals surface area contributed by atoms with Crippen molar-refractivity contribution < 1.29 is 0 Å². The number of aromatic nitrogens is 1. The highest BCUT2D eigenvalue weighted by molar-refractivity contribution is 6.31. The first-order valence-electron chi connectivity index (χ1n) is 3.77. The van der Waals surface area contributed by atoms with Gasteiger partial charge in [0.2, 0.25) is 0 Å². The molecule has 0 bridgehead atoms. The maximum Gasteiger partial charge on any atom is 0.0458 e. The normalized spacial score (nSPS) is 10.0. The summed E-state index contributed by atoms with van der Waals surface area (Å²) in [5, 5.41) is 1.86. The van der Waals surface area contributed by atoms with Gasteiger partial charge < -0.3 is 10.7 Å². The Morgan fingerprint density at radius 1 is 1.38 bits per heavy atom. The Kier molecular flexibility index (Phi) is 3.20. The van der Waals surface area contributed by atoms with Gasteiger partial charge in [-0.15, -0.1) is 12.4 Å². The molecule has 0 unspecified atom stereocenters. The van der Waals surface area contributed by atoms with Crippen LogP contribution >= 0.6 is 24.0 Å². The van der Waals surface area contributed by atoms with E-state index < -0.39 is 0 Å². The minimum absolute atomic E-state index is 0. The Labute approximate surface area is 87.5 Å². The van der Waals surface area contributed by atoms with Crippen LogP contribution in [0.5, 0.6) is 0 Å². The Balaban J connectivity index is 0.000000845. The van der Waals surface area contributed by atoms with Gasteiger partial charge in [-0.05, 0) is 23.8 Å². The molecule has 0 aliphatic heterocycles. The van der Waals surface area contributed by atoms with Gasteiger partial charge in [0.25, 0.3) is 0 Å². The average molecular weight is 217 g/mol. The van der Waals surface area contributed by atoms with Crippen LogP contribution in [0.15, 0.2) is 24.4 Å². The smallest absolute Gasteiger partial charge is 0.0458 e. The number of hydrogen-bond acceptors (Lipinski definition) is 1. The van der Waals surface area contributed by atoms with Crippen molar-refractivity contribution in [3.63, 3.8) is 0 Å². The summed E-state index contributed by atoms with van der Waals surface area (Å²) >= 11 is 5.85. The second kappa shape index (κ2) is 4.01. The maximum absolute atomic E-state index is 5.85. The third-order valence-corrected chi connectivity index (χ3v) is 2.18. The number of nitrogens with two attached hydrogens (primary N) is 1. The van der Waals surface area contributed by atoms with Gasteiger partial charge >= 0.3 is 0 Å². The Bertz CT molecular complexity index is 409. The van der Waals surface area contributed by atoms with E-state index in [2.05, 4.69) is 4.98 Å². The minimum Gasteiger partial charge on any atom is -0.361 e. The van der Waals surface area contributed by atoms with E-state index in [1.54, 1.807) is 0 Å². The van der Waals surface area contributed by atoms with Gasteiger partial charge in [0.15, 0.2) is 0 Å². The highest BCUT2D eigenvalue weighted by atomic mass is 35.5. The van der Waals surface area contributed by atoms with Crippen molar-refractivity contribution in [2.75, 3.05) is 0 Å². The molecule has 2 rings (SSSR count). The second-order valence-electron chi connectivity index (χ2n) is 2.71. The molecule has 70 valence electrons. The molecule has 13 heavy (non-hydrogen) atoms. The Morgan fingerprint density at radius 2 is 2.15 bits per heavy atom. The standard InChI is InChI=1S/C9H9ClN2.ClH/c10-7-1-2-9-8(3-7)6(4-11)5-12-9;/h1-3,5,12H,4,11H2;1H. The number of aromatic amines is 1. The molecule has 0 radical (unpaired) electrons. The summed E-state index contributed by atoms with van der Waals surface area (Å²) < 4.78 is 0. The fourth-order valence-corrected chi connectivity index (χ4v) is 1.49. The molecule has 1 heterocycles. The molecule has 1 aromatic heterocycles. The summed E-state index contributed by atoms with van der Waals surface area (Å²) in [7, 11) is 0. The monoisotopic (exact) mass is 216 g/mol. The lowest BCUT2D eigenvalue weighted by molar-refractivity contribution is 1.08. The van der Waals surface area contributed by atoms with Crippen molar-refractivity contribution in [1.29, 1.82) is 0 Å². The van der Waals surface area contributed by atoms with Crippen LogP contribution in [0.3, 0.4) is 0 Å². The van der Waals surface area contributed by atoms with Crippen LogP contribution in [0.4, 0.5) is 0 Å². The number of benzene rings is 1. The third-order valence-electron chi connectivity index (χ3n) is 1.95. The van der Waals surface area contributed by atoms with Crippen LogP contribution in [0.1, 0.15) is 5.56 Å². The summed E-state index contributed by atoms with van der Waals surface area (Å²) in [6.45, 7) is 0.542. The van der Waals surface area contributed by atoms with E-state index in [1.165, 1.54) is 0 Å². The van der Waals surface area contributed by atoms with Crippen molar-refractivity contribution in [3.8, 4) is 0 Å². The minimum atomic E-state index is 0. The zero-order valence-electron chi connectivity index (χ0n) is 6.88. The Hall–Kier alpha value is -0.700. The van der Waals surface area contributed by atoms with Crippen molar-refractivity contribution in [2.45, 2.75) is 6.54 Å². The summed E-state index contributed by atoms with van der Waals surface area (Å²) in [5.41, 5.74) is 7.73. The van der Waals surface area contributed by atoms with E-state index in [1.807, 2.05) is 24.4 Å². The van der Waals surface area contributed by atoms with Crippen molar-refractivity contribution >= 4 is 34.9 Å².